The van der Waals surface area contributed by atoms with E-state index in [1.165, 1.54) is 6.92 Å². The van der Waals surface area contributed by atoms with E-state index in [1.807, 2.05) is 0 Å². The maximum absolute atomic E-state index is 11.0. The molecule has 0 unspecified atom stereocenters. The summed E-state index contributed by atoms with van der Waals surface area (Å²) in [6.07, 6.45) is 0.734. The number of Topliss-reactive ketones (excluding diaryl/α,β-unsaturated/α-hetero) is 1. The van der Waals surface area contributed by atoms with Crippen LogP contribution in [0.5, 0.6) is 0 Å². The van der Waals surface area contributed by atoms with Crippen LogP contribution in [0.4, 0.5) is 0 Å². The van der Waals surface area contributed by atoms with Crippen molar-refractivity contribution in [3.05, 3.63) is 32.2 Å². The fourth-order valence-corrected chi connectivity index (χ4v) is 2.27. The van der Waals surface area contributed by atoms with Crippen LogP contribution in [0.1, 0.15) is 27.6 Å². The Kier molecular flexibility index (Phi) is 3.39. The van der Waals surface area contributed by atoms with Gasteiger partial charge in [0.1, 0.15) is 0 Å². The van der Waals surface area contributed by atoms with Gasteiger partial charge in [0.05, 0.1) is 0 Å². The van der Waals surface area contributed by atoms with Crippen molar-refractivity contribution in [2.45, 2.75) is 6.92 Å². The Hall–Kier alpha value is -0.480. The molecule has 0 radical (unpaired) electrons. The largest absolute Gasteiger partial charge is 0.298 e. The molecule has 0 aliphatic heterocycles. The topological polar surface area (TPSA) is 34.1 Å². The number of ketones is 1. The molecule has 0 aliphatic carbocycles. The molecule has 4 heteroatoms. The number of benzene rings is 1. The van der Waals surface area contributed by atoms with E-state index < -0.39 is 0 Å². The van der Waals surface area contributed by atoms with Crippen molar-refractivity contribution in [1.82, 2.24) is 0 Å². The molecule has 0 aliphatic rings. The lowest BCUT2D eigenvalue weighted by atomic mass is 10.1. The molecule has 0 amide bonds. The van der Waals surface area contributed by atoms with Crippen LogP contribution in [0, 0.1) is 0 Å². The van der Waals surface area contributed by atoms with Gasteiger partial charge in [-0.3, -0.25) is 9.59 Å². The molecule has 13 heavy (non-hydrogen) atoms. The molecule has 68 valence electrons. The minimum atomic E-state index is -0.0288. The summed E-state index contributed by atoms with van der Waals surface area (Å²) in [6, 6.07) is 3.27. The Bertz CT molecular complexity index is 349. The quantitative estimate of drug-likeness (QED) is 0.621. The van der Waals surface area contributed by atoms with E-state index in [2.05, 4.69) is 31.9 Å². The zero-order valence-corrected chi connectivity index (χ0v) is 9.98. The first kappa shape index (κ1) is 10.6. The standard InChI is InChI=1S/C9H6Br2O2/c1-5(13)6-2-8(10)7(4-12)9(11)3-6/h2-4H,1H3. The van der Waals surface area contributed by atoms with E-state index in [1.54, 1.807) is 12.1 Å². The molecule has 0 fully saturated rings. The fourth-order valence-electron chi connectivity index (χ4n) is 0.900. The summed E-state index contributed by atoms with van der Waals surface area (Å²) in [4.78, 5) is 21.6. The van der Waals surface area contributed by atoms with E-state index in [4.69, 9.17) is 0 Å². The van der Waals surface area contributed by atoms with Gasteiger partial charge in [-0.05, 0) is 50.9 Å². The van der Waals surface area contributed by atoms with Gasteiger partial charge in [-0.1, -0.05) is 0 Å². The third-order valence-electron chi connectivity index (χ3n) is 1.60. The first-order valence-corrected chi connectivity index (χ1v) is 5.10. The van der Waals surface area contributed by atoms with Crippen molar-refractivity contribution in [3.8, 4) is 0 Å². The number of hydrogen-bond acceptors (Lipinski definition) is 2. The summed E-state index contributed by atoms with van der Waals surface area (Å²) in [5, 5.41) is 0. The smallest absolute Gasteiger partial charge is 0.159 e. The van der Waals surface area contributed by atoms with Crippen LogP contribution in [0.15, 0.2) is 21.1 Å². The van der Waals surface area contributed by atoms with Gasteiger partial charge in [0.15, 0.2) is 12.1 Å². The first-order valence-electron chi connectivity index (χ1n) is 3.51. The van der Waals surface area contributed by atoms with Crippen LogP contribution < -0.4 is 0 Å². The third-order valence-corrected chi connectivity index (χ3v) is 2.92. The SMILES string of the molecule is CC(=O)c1cc(Br)c(C=O)c(Br)c1. The van der Waals surface area contributed by atoms with E-state index in [-0.39, 0.29) is 5.78 Å². The minimum Gasteiger partial charge on any atom is -0.298 e. The zero-order chi connectivity index (χ0) is 10.0. The number of carbonyl (C=O) groups excluding carboxylic acids is 2. The molecule has 0 atom stereocenters. The van der Waals surface area contributed by atoms with Gasteiger partial charge in [0.2, 0.25) is 0 Å². The molecule has 0 N–H and O–H groups in total. The van der Waals surface area contributed by atoms with Crippen LogP contribution in [0.2, 0.25) is 0 Å². The van der Waals surface area contributed by atoms with E-state index >= 15 is 0 Å². The predicted molar refractivity (Wildman–Crippen MR) is 57.2 cm³/mol. The van der Waals surface area contributed by atoms with E-state index in [9.17, 15) is 9.59 Å². The second kappa shape index (κ2) is 4.15. The highest BCUT2D eigenvalue weighted by molar-refractivity contribution is 9.11. The first-order chi connectivity index (χ1) is 6.06. The average Bonchev–Trinajstić information content (AvgIpc) is 2.03. The Morgan fingerprint density at radius 1 is 1.31 bits per heavy atom. The second-order valence-corrected chi connectivity index (χ2v) is 4.24. The monoisotopic (exact) mass is 304 g/mol. The molecule has 0 heterocycles. The van der Waals surface area contributed by atoms with Gasteiger partial charge in [-0.2, -0.15) is 0 Å². The van der Waals surface area contributed by atoms with Crippen molar-refractivity contribution in [1.29, 1.82) is 0 Å². The van der Waals surface area contributed by atoms with Gasteiger partial charge in [-0.25, -0.2) is 0 Å². The van der Waals surface area contributed by atoms with Crippen LogP contribution in [0.3, 0.4) is 0 Å². The number of hydrogen-bond donors (Lipinski definition) is 0. The Morgan fingerprint density at radius 2 is 1.77 bits per heavy atom. The normalized spacial score (nSPS) is 9.77. The van der Waals surface area contributed by atoms with Crippen LogP contribution in [-0.2, 0) is 0 Å². The molecule has 0 saturated carbocycles. The summed E-state index contributed by atoms with van der Waals surface area (Å²) >= 11 is 6.43. The summed E-state index contributed by atoms with van der Waals surface area (Å²) in [6.45, 7) is 1.48. The van der Waals surface area contributed by atoms with Crippen molar-refractivity contribution in [3.63, 3.8) is 0 Å². The molecule has 1 rings (SSSR count). The molecule has 0 aromatic heterocycles. The maximum atomic E-state index is 11.0. The third kappa shape index (κ3) is 2.25. The number of rotatable bonds is 2. The van der Waals surface area contributed by atoms with E-state index in [0.717, 1.165) is 6.29 Å². The van der Waals surface area contributed by atoms with Crippen LogP contribution in [-0.4, -0.2) is 12.1 Å². The molecule has 0 bridgehead atoms. The van der Waals surface area contributed by atoms with Crippen molar-refractivity contribution >= 4 is 43.9 Å². The minimum absolute atomic E-state index is 0.0288. The van der Waals surface area contributed by atoms with E-state index in [0.29, 0.717) is 20.1 Å². The lowest BCUT2D eigenvalue weighted by molar-refractivity contribution is 0.101. The Morgan fingerprint density at radius 3 is 2.08 bits per heavy atom. The summed E-state index contributed by atoms with van der Waals surface area (Å²) in [5.74, 6) is -0.0288. The van der Waals surface area contributed by atoms with Gasteiger partial charge < -0.3 is 0 Å². The molecule has 1 aromatic carbocycles. The Balaban J connectivity index is 3.36. The second-order valence-electron chi connectivity index (χ2n) is 2.53. The van der Waals surface area contributed by atoms with Crippen molar-refractivity contribution < 1.29 is 9.59 Å². The lowest BCUT2D eigenvalue weighted by Gasteiger charge is -2.02. The summed E-state index contributed by atoms with van der Waals surface area (Å²) in [5.41, 5.74) is 1.09. The highest BCUT2D eigenvalue weighted by Crippen LogP contribution is 2.25. The highest BCUT2D eigenvalue weighted by atomic mass is 79.9. The zero-order valence-electron chi connectivity index (χ0n) is 6.80. The Labute approximate surface area is 92.6 Å². The molecule has 2 nitrogen and oxygen atoms in total. The lowest BCUT2D eigenvalue weighted by Crippen LogP contribution is -1.95. The van der Waals surface area contributed by atoms with Gasteiger partial charge in [-0.15, -0.1) is 0 Å². The summed E-state index contributed by atoms with van der Waals surface area (Å²) < 4.78 is 1.25. The number of aldehydes is 1. The van der Waals surface area contributed by atoms with Gasteiger partial charge in [0, 0.05) is 20.1 Å². The summed E-state index contributed by atoms with van der Waals surface area (Å²) in [7, 11) is 0. The molecule has 1 aromatic rings. The molecular weight excluding hydrogens is 300 g/mol. The van der Waals surface area contributed by atoms with Crippen LogP contribution >= 0.6 is 31.9 Å². The molecular formula is C9H6Br2O2. The predicted octanol–water partition coefficient (Wildman–Crippen LogP) is 3.23. The highest BCUT2D eigenvalue weighted by Gasteiger charge is 2.08. The van der Waals surface area contributed by atoms with Gasteiger partial charge in [0.25, 0.3) is 0 Å². The number of halogens is 2. The maximum Gasteiger partial charge on any atom is 0.159 e. The number of carbonyl (C=O) groups is 2. The van der Waals surface area contributed by atoms with Crippen LogP contribution in [0.25, 0.3) is 0 Å². The molecule has 0 saturated heterocycles. The fraction of sp³-hybridized carbons (Fsp3) is 0.111. The van der Waals surface area contributed by atoms with Crippen molar-refractivity contribution in [2.24, 2.45) is 0 Å². The average molecular weight is 306 g/mol. The molecule has 0 spiro atoms. The van der Waals surface area contributed by atoms with Crippen molar-refractivity contribution in [2.75, 3.05) is 0 Å². The van der Waals surface area contributed by atoms with Gasteiger partial charge >= 0.3 is 0 Å².